The molecule has 0 aromatic heterocycles. The van der Waals surface area contributed by atoms with Crippen molar-refractivity contribution in [3.05, 3.63) is 36.5 Å². The van der Waals surface area contributed by atoms with Crippen LogP contribution in [0.5, 0.6) is 0 Å². The zero-order valence-corrected chi connectivity index (χ0v) is 53.5. The molecule has 11 heteroatoms. The summed E-state index contributed by atoms with van der Waals surface area (Å²) in [6, 6.07) is -1.19. The summed E-state index contributed by atoms with van der Waals surface area (Å²) >= 11 is 0. The van der Waals surface area contributed by atoms with Gasteiger partial charge in [0.25, 0.3) is 0 Å². The third-order valence-corrected chi connectivity index (χ3v) is 17.1. The van der Waals surface area contributed by atoms with E-state index in [2.05, 4.69) is 55.6 Å². The van der Waals surface area contributed by atoms with Gasteiger partial charge < -0.3 is 50.5 Å². The van der Waals surface area contributed by atoms with E-state index in [0.29, 0.717) is 19.3 Å². The highest BCUT2D eigenvalue weighted by atomic mass is 16.7. The van der Waals surface area contributed by atoms with Gasteiger partial charge in [0, 0.05) is 0 Å². The lowest BCUT2D eigenvalue weighted by atomic mass is 9.98. The van der Waals surface area contributed by atoms with Crippen molar-refractivity contribution in [2.75, 3.05) is 13.2 Å². The fourth-order valence-electron chi connectivity index (χ4n) is 11.5. The zero-order chi connectivity index (χ0) is 59.6. The van der Waals surface area contributed by atoms with Crippen molar-refractivity contribution in [3.8, 4) is 0 Å². The summed E-state index contributed by atoms with van der Waals surface area (Å²) in [5.41, 5.74) is 0. The second kappa shape index (κ2) is 59.7. The summed E-state index contributed by atoms with van der Waals surface area (Å²) in [7, 11) is 0. The number of aliphatic hydroxyl groups is 7. The Morgan fingerprint density at radius 3 is 1.09 bits per heavy atom. The molecule has 0 aromatic rings. The summed E-state index contributed by atoms with van der Waals surface area (Å²) in [6.07, 6.45) is 65.2. The molecule has 1 aliphatic heterocycles. The first-order valence-corrected chi connectivity index (χ1v) is 35.4. The summed E-state index contributed by atoms with van der Waals surface area (Å²) in [5.74, 6) is -0.706. The van der Waals surface area contributed by atoms with Crippen LogP contribution in [0.4, 0.5) is 0 Å². The molecule has 1 saturated heterocycles. The molecule has 0 aromatic carbocycles. The van der Waals surface area contributed by atoms with E-state index in [-0.39, 0.29) is 12.8 Å². The number of unbranched alkanes of at least 4 members (excludes halogenated alkanes) is 44. The number of carbonyl (C=O) groups is 1. The van der Waals surface area contributed by atoms with E-state index < -0.39 is 74.2 Å². The molecule has 0 spiro atoms. The van der Waals surface area contributed by atoms with Gasteiger partial charge in [0.15, 0.2) is 6.29 Å². The molecule has 1 rings (SSSR count). The molecule has 1 heterocycles. The zero-order valence-electron chi connectivity index (χ0n) is 53.5. The quantitative estimate of drug-likeness (QED) is 0.0215. The van der Waals surface area contributed by atoms with Crippen LogP contribution in [-0.2, 0) is 14.3 Å². The lowest BCUT2D eigenvalue weighted by Gasteiger charge is -2.40. The van der Waals surface area contributed by atoms with Crippen molar-refractivity contribution >= 4 is 5.91 Å². The SMILES string of the molecule is CCCCCCCCCCCCCC/C=C\CCCCCCCCCCCCCCCC(O)C(=O)NC(COC1OC(CO)C(O)C(O)C1O)C(O)C(O)CCC/C=C/CC/C=C/CCCCCCCCCCCCCCCCCCC. The van der Waals surface area contributed by atoms with E-state index >= 15 is 0 Å². The van der Waals surface area contributed by atoms with Crippen LogP contribution < -0.4 is 5.32 Å². The first kappa shape index (κ1) is 78.3. The van der Waals surface area contributed by atoms with Crippen LogP contribution in [0.3, 0.4) is 0 Å². The van der Waals surface area contributed by atoms with E-state index in [1.165, 1.54) is 257 Å². The van der Waals surface area contributed by atoms with Crippen molar-refractivity contribution in [2.24, 2.45) is 0 Å². The van der Waals surface area contributed by atoms with Gasteiger partial charge >= 0.3 is 0 Å². The third kappa shape index (κ3) is 46.5. The molecule has 0 saturated carbocycles. The predicted octanol–water partition coefficient (Wildman–Crippen LogP) is 17.0. The molecule has 11 nitrogen and oxygen atoms in total. The standard InChI is InChI=1S/C71H135NO10/c1-3-5-7-9-11-13-15-17-19-21-23-25-27-29-31-32-33-35-37-39-41-43-45-47-49-51-53-55-57-59-64(75)70(80)72-62(61-81-71-69(79)68(78)67(77)65(60-73)82-71)66(76)63(74)58-56-54-52-50-48-46-44-42-40-38-36-34-30-28-26-24-22-20-18-16-14-12-10-8-6-4-2/h29,31,42,44,50,52,62-69,71,73-79H,3-28,30,32-41,43,45-49,51,53-61H2,1-2H3,(H,72,80)/b31-29-,44-42+,52-50+. The number of allylic oxidation sites excluding steroid dienone is 6. The molecule has 82 heavy (non-hydrogen) atoms. The number of hydrogen-bond acceptors (Lipinski definition) is 10. The summed E-state index contributed by atoms with van der Waals surface area (Å²) in [4.78, 5) is 13.2. The highest BCUT2D eigenvalue weighted by Crippen LogP contribution is 2.24. The van der Waals surface area contributed by atoms with Crippen LogP contribution in [-0.4, -0.2) is 110 Å². The molecular formula is C71H135NO10. The molecule has 1 aliphatic rings. The largest absolute Gasteiger partial charge is 0.394 e. The first-order chi connectivity index (χ1) is 40.2. The van der Waals surface area contributed by atoms with Gasteiger partial charge in [0.05, 0.1) is 25.4 Å². The van der Waals surface area contributed by atoms with E-state index in [4.69, 9.17) is 9.47 Å². The molecule has 0 aliphatic carbocycles. The average Bonchev–Trinajstić information content (AvgIpc) is 3.49. The molecule has 8 N–H and O–H groups in total. The average molecular weight is 1160 g/mol. The smallest absolute Gasteiger partial charge is 0.249 e. The number of hydrogen-bond donors (Lipinski definition) is 8. The Kier molecular flexibility index (Phi) is 57.0. The number of carbonyl (C=O) groups excluding carboxylic acids is 1. The van der Waals surface area contributed by atoms with E-state index in [0.717, 1.165) is 38.5 Å². The second-order valence-electron chi connectivity index (χ2n) is 24.9. The van der Waals surface area contributed by atoms with Crippen molar-refractivity contribution < 1.29 is 50.0 Å². The van der Waals surface area contributed by atoms with Crippen molar-refractivity contribution in [1.29, 1.82) is 0 Å². The van der Waals surface area contributed by atoms with Crippen LogP contribution in [0, 0.1) is 0 Å². The second-order valence-corrected chi connectivity index (χ2v) is 24.9. The Labute approximate surface area is 505 Å². The van der Waals surface area contributed by atoms with Crippen molar-refractivity contribution in [3.63, 3.8) is 0 Å². The highest BCUT2D eigenvalue weighted by Gasteiger charge is 2.44. The number of aliphatic hydroxyl groups excluding tert-OH is 7. The van der Waals surface area contributed by atoms with Gasteiger partial charge in [-0.05, 0) is 77.0 Å². The Bertz CT molecular complexity index is 1430. The van der Waals surface area contributed by atoms with E-state index in [1.54, 1.807) is 0 Å². The molecule has 9 atom stereocenters. The Balaban J connectivity index is 2.23. The Morgan fingerprint density at radius 2 is 0.732 bits per heavy atom. The van der Waals surface area contributed by atoms with Gasteiger partial charge in [0.1, 0.15) is 36.6 Å². The topological polar surface area (TPSA) is 189 Å². The molecule has 9 unspecified atom stereocenters. The van der Waals surface area contributed by atoms with Gasteiger partial charge in [0.2, 0.25) is 5.91 Å². The number of amides is 1. The number of rotatable bonds is 62. The summed E-state index contributed by atoms with van der Waals surface area (Å²) in [6.45, 7) is 3.49. The van der Waals surface area contributed by atoms with Crippen LogP contribution in [0.25, 0.3) is 0 Å². The van der Waals surface area contributed by atoms with Gasteiger partial charge in [-0.1, -0.05) is 301 Å². The van der Waals surface area contributed by atoms with Crippen LogP contribution in [0.2, 0.25) is 0 Å². The van der Waals surface area contributed by atoms with Crippen molar-refractivity contribution in [1.82, 2.24) is 5.32 Å². The minimum atomic E-state index is -1.67. The summed E-state index contributed by atoms with van der Waals surface area (Å²) < 4.78 is 11.2. The fraction of sp³-hybridized carbons (Fsp3) is 0.901. The summed E-state index contributed by atoms with van der Waals surface area (Å²) in [5, 5.41) is 76.5. The van der Waals surface area contributed by atoms with Gasteiger partial charge in [-0.25, -0.2) is 0 Å². The lowest BCUT2D eigenvalue weighted by Crippen LogP contribution is -2.60. The maximum atomic E-state index is 13.2. The molecule has 0 radical (unpaired) electrons. The molecular weight excluding hydrogens is 1030 g/mol. The maximum Gasteiger partial charge on any atom is 0.249 e. The molecule has 1 amide bonds. The third-order valence-electron chi connectivity index (χ3n) is 17.1. The van der Waals surface area contributed by atoms with Gasteiger partial charge in [-0.2, -0.15) is 0 Å². The highest BCUT2D eigenvalue weighted by molar-refractivity contribution is 5.80. The predicted molar refractivity (Wildman–Crippen MR) is 344 cm³/mol. The van der Waals surface area contributed by atoms with Crippen LogP contribution in [0.1, 0.15) is 341 Å². The minimum absolute atomic E-state index is 0.248. The van der Waals surface area contributed by atoms with Gasteiger partial charge in [-0.15, -0.1) is 0 Å². The number of nitrogens with one attached hydrogen (secondary N) is 1. The van der Waals surface area contributed by atoms with Crippen molar-refractivity contribution in [2.45, 2.75) is 396 Å². The minimum Gasteiger partial charge on any atom is -0.394 e. The van der Waals surface area contributed by atoms with Crippen LogP contribution in [0.15, 0.2) is 36.5 Å². The molecule has 1 fully saturated rings. The number of ether oxygens (including phenoxy) is 2. The fourth-order valence-corrected chi connectivity index (χ4v) is 11.5. The Hall–Kier alpha value is -1.67. The Morgan fingerprint density at radius 1 is 0.415 bits per heavy atom. The normalized spacial score (nSPS) is 19.3. The molecule has 0 bridgehead atoms. The maximum absolute atomic E-state index is 13.2. The van der Waals surface area contributed by atoms with Crippen LogP contribution >= 0.6 is 0 Å². The van der Waals surface area contributed by atoms with Gasteiger partial charge in [-0.3, -0.25) is 4.79 Å². The first-order valence-electron chi connectivity index (χ1n) is 35.4. The van der Waals surface area contributed by atoms with E-state index in [9.17, 15) is 40.5 Å². The van der Waals surface area contributed by atoms with E-state index in [1.807, 2.05) is 0 Å². The molecule has 484 valence electrons. The monoisotopic (exact) mass is 1160 g/mol. The lowest BCUT2D eigenvalue weighted by molar-refractivity contribution is -0.303.